The molecule has 0 amide bonds. The van der Waals surface area contributed by atoms with Crippen LogP contribution in [0.25, 0.3) is 0 Å². The van der Waals surface area contributed by atoms with E-state index >= 15 is 0 Å². The Labute approximate surface area is 94.3 Å². The molecule has 0 unspecified atom stereocenters. The van der Waals surface area contributed by atoms with Gasteiger partial charge in [-0.15, -0.1) is 0 Å². The van der Waals surface area contributed by atoms with Gasteiger partial charge in [0.2, 0.25) is 0 Å². The number of rotatable bonds is 5. The Balaban J connectivity index is 2.44. The number of hydrogen-bond donors (Lipinski definition) is 2. The van der Waals surface area contributed by atoms with Crippen LogP contribution in [0.4, 0.5) is 8.78 Å². The Morgan fingerprint density at radius 2 is 1.81 bits per heavy atom. The first-order valence-corrected chi connectivity index (χ1v) is 5.18. The molecule has 4 heteroatoms. The summed E-state index contributed by atoms with van der Waals surface area (Å²) in [5.41, 5.74) is 0.197. The van der Waals surface area contributed by atoms with Gasteiger partial charge in [0.05, 0.1) is 5.60 Å². The molecule has 0 heterocycles. The molecule has 0 aromatic heterocycles. The van der Waals surface area contributed by atoms with Crippen molar-refractivity contribution in [1.29, 1.82) is 0 Å². The molecule has 0 saturated carbocycles. The maximum Gasteiger partial charge on any atom is 0.263 e. The summed E-state index contributed by atoms with van der Waals surface area (Å²) in [7, 11) is 0. The van der Waals surface area contributed by atoms with Crippen molar-refractivity contribution in [2.75, 3.05) is 6.54 Å². The quantitative estimate of drug-likeness (QED) is 0.813. The summed E-state index contributed by atoms with van der Waals surface area (Å²) >= 11 is 0. The minimum atomic E-state index is -2.42. The molecule has 0 bridgehead atoms. The molecule has 0 aliphatic heterocycles. The number of hydrogen-bond acceptors (Lipinski definition) is 2. The largest absolute Gasteiger partial charge is 0.389 e. The Hall–Kier alpha value is -1.00. The molecule has 0 atom stereocenters. The second-order valence-electron chi connectivity index (χ2n) is 4.46. The van der Waals surface area contributed by atoms with Gasteiger partial charge in [-0.2, -0.15) is 0 Å². The lowest BCUT2D eigenvalue weighted by atomic mass is 10.1. The number of halogens is 2. The SMILES string of the molecule is CC(C)(O)CNCc1ccc(C(F)F)cc1. The third-order valence-electron chi connectivity index (χ3n) is 2.12. The highest BCUT2D eigenvalue weighted by Gasteiger charge is 2.11. The second-order valence-corrected chi connectivity index (χ2v) is 4.46. The average Bonchev–Trinajstić information content (AvgIpc) is 2.16. The predicted molar refractivity (Wildman–Crippen MR) is 59.4 cm³/mol. The lowest BCUT2D eigenvalue weighted by Crippen LogP contribution is -2.34. The lowest BCUT2D eigenvalue weighted by Gasteiger charge is -2.17. The smallest absolute Gasteiger partial charge is 0.263 e. The van der Waals surface area contributed by atoms with Crippen molar-refractivity contribution in [3.8, 4) is 0 Å². The van der Waals surface area contributed by atoms with E-state index in [1.807, 2.05) is 0 Å². The van der Waals surface area contributed by atoms with Crippen LogP contribution in [0.5, 0.6) is 0 Å². The van der Waals surface area contributed by atoms with Crippen LogP contribution in [0.3, 0.4) is 0 Å². The Morgan fingerprint density at radius 3 is 2.25 bits per heavy atom. The van der Waals surface area contributed by atoms with Crippen LogP contribution in [0.2, 0.25) is 0 Å². The van der Waals surface area contributed by atoms with Crippen molar-refractivity contribution < 1.29 is 13.9 Å². The van der Waals surface area contributed by atoms with E-state index < -0.39 is 12.0 Å². The topological polar surface area (TPSA) is 32.3 Å². The highest BCUT2D eigenvalue weighted by Crippen LogP contribution is 2.18. The van der Waals surface area contributed by atoms with Crippen LogP contribution in [0, 0.1) is 0 Å². The monoisotopic (exact) mass is 229 g/mol. The summed E-state index contributed by atoms with van der Waals surface area (Å²) in [5.74, 6) is 0. The van der Waals surface area contributed by atoms with Gasteiger partial charge in [-0.05, 0) is 19.4 Å². The summed E-state index contributed by atoms with van der Waals surface area (Å²) in [6.45, 7) is 4.44. The molecule has 0 radical (unpaired) electrons. The van der Waals surface area contributed by atoms with E-state index in [1.54, 1.807) is 26.0 Å². The first-order valence-electron chi connectivity index (χ1n) is 5.18. The van der Waals surface area contributed by atoms with E-state index in [9.17, 15) is 13.9 Å². The van der Waals surface area contributed by atoms with Crippen LogP contribution in [-0.2, 0) is 6.54 Å². The number of nitrogens with one attached hydrogen (secondary N) is 1. The normalized spacial score (nSPS) is 12.1. The molecule has 16 heavy (non-hydrogen) atoms. The third kappa shape index (κ3) is 4.68. The Bertz CT molecular complexity index is 317. The number of alkyl halides is 2. The van der Waals surface area contributed by atoms with Crippen LogP contribution >= 0.6 is 0 Å². The van der Waals surface area contributed by atoms with E-state index in [0.717, 1.165) is 5.56 Å². The molecule has 2 nitrogen and oxygen atoms in total. The molecule has 0 spiro atoms. The van der Waals surface area contributed by atoms with Gasteiger partial charge in [0.15, 0.2) is 0 Å². The number of aliphatic hydroxyl groups is 1. The van der Waals surface area contributed by atoms with Crippen LogP contribution < -0.4 is 5.32 Å². The minimum absolute atomic E-state index is 0.0336. The van der Waals surface area contributed by atoms with Crippen molar-refractivity contribution in [2.24, 2.45) is 0 Å². The summed E-state index contributed by atoms with van der Waals surface area (Å²) in [6.07, 6.45) is -2.42. The van der Waals surface area contributed by atoms with E-state index in [4.69, 9.17) is 0 Å². The molecule has 1 aromatic carbocycles. The van der Waals surface area contributed by atoms with Crippen molar-refractivity contribution in [1.82, 2.24) is 5.32 Å². The van der Waals surface area contributed by atoms with E-state index in [1.165, 1.54) is 12.1 Å². The summed E-state index contributed by atoms with van der Waals surface area (Å²) in [5, 5.41) is 12.5. The van der Waals surface area contributed by atoms with E-state index in [2.05, 4.69) is 5.32 Å². The van der Waals surface area contributed by atoms with Crippen LogP contribution in [-0.4, -0.2) is 17.3 Å². The third-order valence-corrected chi connectivity index (χ3v) is 2.12. The van der Waals surface area contributed by atoms with Crippen molar-refractivity contribution >= 4 is 0 Å². The molecule has 0 aliphatic rings. The highest BCUT2D eigenvalue weighted by molar-refractivity contribution is 5.23. The van der Waals surface area contributed by atoms with Gasteiger partial charge in [0, 0.05) is 18.7 Å². The lowest BCUT2D eigenvalue weighted by molar-refractivity contribution is 0.0795. The fourth-order valence-electron chi connectivity index (χ4n) is 1.29. The minimum Gasteiger partial charge on any atom is -0.389 e. The van der Waals surface area contributed by atoms with Gasteiger partial charge in [0.25, 0.3) is 6.43 Å². The predicted octanol–water partition coefficient (Wildman–Crippen LogP) is 2.48. The van der Waals surface area contributed by atoms with Gasteiger partial charge in [-0.1, -0.05) is 24.3 Å². The molecular formula is C12H17F2NO. The molecule has 0 fully saturated rings. The Kier molecular flexibility index (Phi) is 4.38. The molecular weight excluding hydrogens is 212 g/mol. The first-order chi connectivity index (χ1) is 7.38. The summed E-state index contributed by atoms with van der Waals surface area (Å²) < 4.78 is 24.5. The fraction of sp³-hybridized carbons (Fsp3) is 0.500. The maximum atomic E-state index is 12.3. The van der Waals surface area contributed by atoms with E-state index in [0.29, 0.717) is 13.1 Å². The zero-order valence-electron chi connectivity index (χ0n) is 9.50. The van der Waals surface area contributed by atoms with Gasteiger partial charge >= 0.3 is 0 Å². The van der Waals surface area contributed by atoms with Gasteiger partial charge in [-0.3, -0.25) is 0 Å². The van der Waals surface area contributed by atoms with Crippen molar-refractivity contribution in [3.63, 3.8) is 0 Å². The maximum absolute atomic E-state index is 12.3. The first kappa shape index (κ1) is 13.1. The van der Waals surface area contributed by atoms with Gasteiger partial charge in [-0.25, -0.2) is 8.78 Å². The van der Waals surface area contributed by atoms with Crippen LogP contribution in [0.1, 0.15) is 31.4 Å². The van der Waals surface area contributed by atoms with Gasteiger partial charge in [0.1, 0.15) is 0 Å². The van der Waals surface area contributed by atoms with Crippen molar-refractivity contribution in [2.45, 2.75) is 32.4 Å². The molecule has 1 aromatic rings. The zero-order chi connectivity index (χ0) is 12.2. The molecule has 2 N–H and O–H groups in total. The number of benzene rings is 1. The second kappa shape index (κ2) is 5.37. The molecule has 90 valence electrons. The highest BCUT2D eigenvalue weighted by atomic mass is 19.3. The van der Waals surface area contributed by atoms with Gasteiger partial charge < -0.3 is 10.4 Å². The van der Waals surface area contributed by atoms with Crippen LogP contribution in [0.15, 0.2) is 24.3 Å². The Morgan fingerprint density at radius 1 is 1.25 bits per heavy atom. The summed E-state index contributed by atoms with van der Waals surface area (Å²) in [4.78, 5) is 0. The zero-order valence-corrected chi connectivity index (χ0v) is 9.50. The fourth-order valence-corrected chi connectivity index (χ4v) is 1.29. The average molecular weight is 229 g/mol. The standard InChI is InChI=1S/C12H17F2NO/c1-12(2,16)8-15-7-9-3-5-10(6-4-9)11(13)14/h3-6,11,15-16H,7-8H2,1-2H3. The molecule has 0 saturated heterocycles. The molecule has 1 rings (SSSR count). The summed E-state index contributed by atoms with van der Waals surface area (Å²) in [6, 6.07) is 6.18. The molecule has 0 aliphatic carbocycles. The van der Waals surface area contributed by atoms with Crippen molar-refractivity contribution in [3.05, 3.63) is 35.4 Å². The van der Waals surface area contributed by atoms with E-state index in [-0.39, 0.29) is 5.56 Å².